The molecule has 0 fully saturated rings. The SMILES string of the molecule is CCN(CC)Cc1ccccc1CNC(=O)c1cc(NC(=O)c2ccc(F)cc2)ccc1Br. The Balaban J connectivity index is 1.69. The smallest absolute Gasteiger partial charge is 0.255 e. The lowest BCUT2D eigenvalue weighted by Crippen LogP contribution is -2.26. The van der Waals surface area contributed by atoms with Gasteiger partial charge in [0.05, 0.1) is 5.56 Å². The van der Waals surface area contributed by atoms with Gasteiger partial charge in [0, 0.05) is 28.8 Å². The van der Waals surface area contributed by atoms with Crippen LogP contribution in [0.3, 0.4) is 0 Å². The monoisotopic (exact) mass is 511 g/mol. The van der Waals surface area contributed by atoms with Crippen LogP contribution in [0, 0.1) is 5.82 Å². The fourth-order valence-corrected chi connectivity index (χ4v) is 3.85. The zero-order valence-corrected chi connectivity index (χ0v) is 20.3. The number of nitrogens with zero attached hydrogens (tertiary/aromatic N) is 1. The van der Waals surface area contributed by atoms with E-state index in [9.17, 15) is 14.0 Å². The molecule has 0 heterocycles. The summed E-state index contributed by atoms with van der Waals surface area (Å²) in [6.07, 6.45) is 0. The zero-order valence-electron chi connectivity index (χ0n) is 18.7. The Kier molecular flexibility index (Phi) is 8.74. The summed E-state index contributed by atoms with van der Waals surface area (Å²) in [5.41, 5.74) is 3.46. The van der Waals surface area contributed by atoms with Crippen LogP contribution in [0.1, 0.15) is 45.7 Å². The molecule has 2 amide bonds. The van der Waals surface area contributed by atoms with Crippen molar-refractivity contribution in [2.75, 3.05) is 18.4 Å². The molecule has 2 N–H and O–H groups in total. The first-order valence-corrected chi connectivity index (χ1v) is 11.6. The van der Waals surface area contributed by atoms with Crippen molar-refractivity contribution in [2.24, 2.45) is 0 Å². The Bertz CT molecular complexity index is 1110. The Labute approximate surface area is 202 Å². The predicted octanol–water partition coefficient (Wildman–Crippen LogP) is 5.61. The number of hydrogen-bond acceptors (Lipinski definition) is 3. The molecule has 0 aliphatic carbocycles. The first-order chi connectivity index (χ1) is 15.9. The summed E-state index contributed by atoms with van der Waals surface area (Å²) in [5, 5.41) is 5.73. The number of carbonyl (C=O) groups is 2. The highest BCUT2D eigenvalue weighted by Gasteiger charge is 2.14. The summed E-state index contributed by atoms with van der Waals surface area (Å²) in [5.74, 6) is -1.04. The number of hydrogen-bond donors (Lipinski definition) is 2. The first kappa shape index (κ1) is 24.6. The van der Waals surface area contributed by atoms with Gasteiger partial charge in [-0.15, -0.1) is 0 Å². The van der Waals surface area contributed by atoms with Crippen LogP contribution in [-0.4, -0.2) is 29.8 Å². The van der Waals surface area contributed by atoms with Crippen LogP contribution in [0.25, 0.3) is 0 Å². The second kappa shape index (κ2) is 11.7. The number of anilines is 1. The first-order valence-electron chi connectivity index (χ1n) is 10.8. The fraction of sp³-hybridized carbons (Fsp3) is 0.231. The van der Waals surface area contributed by atoms with Crippen LogP contribution in [0.4, 0.5) is 10.1 Å². The van der Waals surface area contributed by atoms with Gasteiger partial charge in [-0.25, -0.2) is 4.39 Å². The topological polar surface area (TPSA) is 61.4 Å². The van der Waals surface area contributed by atoms with Gasteiger partial charge < -0.3 is 10.6 Å². The van der Waals surface area contributed by atoms with Crippen molar-refractivity contribution in [2.45, 2.75) is 26.9 Å². The summed E-state index contributed by atoms with van der Waals surface area (Å²) in [6, 6.07) is 18.4. The van der Waals surface area contributed by atoms with E-state index in [4.69, 9.17) is 0 Å². The molecular weight excluding hydrogens is 485 g/mol. The van der Waals surface area contributed by atoms with Crippen LogP contribution >= 0.6 is 15.9 Å². The Morgan fingerprint density at radius 2 is 1.58 bits per heavy atom. The molecule has 0 aliphatic rings. The van der Waals surface area contributed by atoms with Crippen molar-refractivity contribution in [3.63, 3.8) is 0 Å². The summed E-state index contributed by atoms with van der Waals surface area (Å²) in [6.45, 7) is 7.41. The van der Waals surface area contributed by atoms with Crippen molar-refractivity contribution >= 4 is 33.4 Å². The highest BCUT2D eigenvalue weighted by molar-refractivity contribution is 9.10. The molecule has 3 aromatic carbocycles. The second-order valence-corrected chi connectivity index (χ2v) is 8.42. The molecule has 0 unspecified atom stereocenters. The van der Waals surface area contributed by atoms with E-state index in [1.54, 1.807) is 18.2 Å². The van der Waals surface area contributed by atoms with Gasteiger partial charge in [-0.1, -0.05) is 38.1 Å². The van der Waals surface area contributed by atoms with E-state index < -0.39 is 5.82 Å². The van der Waals surface area contributed by atoms with Crippen molar-refractivity contribution < 1.29 is 14.0 Å². The molecule has 3 rings (SSSR count). The third-order valence-electron chi connectivity index (χ3n) is 5.42. The lowest BCUT2D eigenvalue weighted by Gasteiger charge is -2.20. The summed E-state index contributed by atoms with van der Waals surface area (Å²) >= 11 is 3.42. The molecular formula is C26H27BrFN3O2. The highest BCUT2D eigenvalue weighted by atomic mass is 79.9. The van der Waals surface area contributed by atoms with Crippen LogP contribution in [0.2, 0.25) is 0 Å². The minimum absolute atomic E-state index is 0.252. The van der Waals surface area contributed by atoms with Crippen molar-refractivity contribution in [1.29, 1.82) is 0 Å². The third-order valence-corrected chi connectivity index (χ3v) is 6.11. The molecule has 7 heteroatoms. The molecule has 0 aromatic heterocycles. The largest absolute Gasteiger partial charge is 0.348 e. The lowest BCUT2D eigenvalue weighted by atomic mass is 10.1. The van der Waals surface area contributed by atoms with Gasteiger partial charge in [0.1, 0.15) is 5.82 Å². The third kappa shape index (κ3) is 6.73. The van der Waals surface area contributed by atoms with E-state index in [0.717, 1.165) is 25.2 Å². The number of carbonyl (C=O) groups excluding carboxylic acids is 2. The van der Waals surface area contributed by atoms with E-state index in [1.165, 1.54) is 29.8 Å². The summed E-state index contributed by atoms with van der Waals surface area (Å²) in [4.78, 5) is 27.7. The van der Waals surface area contributed by atoms with Crippen LogP contribution in [0.5, 0.6) is 0 Å². The average Bonchev–Trinajstić information content (AvgIpc) is 2.83. The molecule has 0 aliphatic heterocycles. The number of nitrogens with one attached hydrogen (secondary N) is 2. The van der Waals surface area contributed by atoms with Crippen LogP contribution in [0.15, 0.2) is 71.2 Å². The van der Waals surface area contributed by atoms with E-state index >= 15 is 0 Å². The minimum Gasteiger partial charge on any atom is -0.348 e. The average molecular weight is 512 g/mol. The summed E-state index contributed by atoms with van der Waals surface area (Å²) < 4.78 is 13.7. The van der Waals surface area contributed by atoms with E-state index in [1.807, 2.05) is 18.2 Å². The Morgan fingerprint density at radius 1 is 0.909 bits per heavy atom. The standard InChI is InChI=1S/C26H27BrFN3O2/c1-3-31(4-2)17-20-8-6-5-7-19(20)16-29-26(33)23-15-22(13-14-24(23)27)30-25(32)18-9-11-21(28)12-10-18/h5-15H,3-4,16-17H2,1-2H3,(H,29,33)(H,30,32). The van der Waals surface area contributed by atoms with Crippen molar-refractivity contribution in [3.05, 3.63) is 99.3 Å². The van der Waals surface area contributed by atoms with Gasteiger partial charge in [0.15, 0.2) is 0 Å². The zero-order chi connectivity index (χ0) is 23.8. The maximum Gasteiger partial charge on any atom is 0.255 e. The Morgan fingerprint density at radius 3 is 2.24 bits per heavy atom. The maximum atomic E-state index is 13.1. The minimum atomic E-state index is -0.409. The number of amides is 2. The van der Waals surface area contributed by atoms with E-state index in [0.29, 0.717) is 27.8 Å². The van der Waals surface area contributed by atoms with Gasteiger partial charge in [0.25, 0.3) is 11.8 Å². The van der Waals surface area contributed by atoms with Gasteiger partial charge >= 0.3 is 0 Å². The normalized spacial score (nSPS) is 10.8. The van der Waals surface area contributed by atoms with Gasteiger partial charge in [-0.3, -0.25) is 14.5 Å². The van der Waals surface area contributed by atoms with Crippen molar-refractivity contribution in [3.8, 4) is 0 Å². The number of rotatable bonds is 9. The van der Waals surface area contributed by atoms with Crippen LogP contribution in [-0.2, 0) is 13.1 Å². The van der Waals surface area contributed by atoms with Crippen molar-refractivity contribution in [1.82, 2.24) is 10.2 Å². The fourth-order valence-electron chi connectivity index (χ4n) is 3.42. The quantitative estimate of drug-likeness (QED) is 0.392. The lowest BCUT2D eigenvalue weighted by molar-refractivity contribution is 0.0948. The number of halogens is 2. The molecule has 0 radical (unpaired) electrons. The molecule has 0 saturated carbocycles. The highest BCUT2D eigenvalue weighted by Crippen LogP contribution is 2.22. The molecule has 5 nitrogen and oxygen atoms in total. The predicted molar refractivity (Wildman–Crippen MR) is 133 cm³/mol. The second-order valence-electron chi connectivity index (χ2n) is 7.57. The van der Waals surface area contributed by atoms with Crippen LogP contribution < -0.4 is 10.6 Å². The van der Waals surface area contributed by atoms with Gasteiger partial charge in [-0.05, 0) is 82.6 Å². The molecule has 33 heavy (non-hydrogen) atoms. The molecule has 0 saturated heterocycles. The summed E-state index contributed by atoms with van der Waals surface area (Å²) in [7, 11) is 0. The molecule has 0 bridgehead atoms. The van der Waals surface area contributed by atoms with Gasteiger partial charge in [-0.2, -0.15) is 0 Å². The molecule has 0 spiro atoms. The van der Waals surface area contributed by atoms with Gasteiger partial charge in [0.2, 0.25) is 0 Å². The van der Waals surface area contributed by atoms with E-state index in [-0.39, 0.29) is 11.8 Å². The number of benzene rings is 3. The maximum absolute atomic E-state index is 13.1. The molecule has 172 valence electrons. The molecule has 3 aromatic rings. The molecule has 0 atom stereocenters. The Hall–Kier alpha value is -3.03. The van der Waals surface area contributed by atoms with E-state index in [2.05, 4.69) is 51.4 Å².